The van der Waals surface area contributed by atoms with Crippen LogP contribution in [0.5, 0.6) is 0 Å². The van der Waals surface area contributed by atoms with Crippen LogP contribution in [0, 0.1) is 20.8 Å². The average molecular weight is 419 g/mol. The summed E-state index contributed by atoms with van der Waals surface area (Å²) in [6, 6.07) is 15.8. The molecule has 2 aromatic carbocycles. The number of hydrogen-bond acceptors (Lipinski definition) is 4. The van der Waals surface area contributed by atoms with E-state index >= 15 is 0 Å². The Labute approximate surface area is 180 Å². The highest BCUT2D eigenvalue weighted by atomic mass is 16.5. The number of nitrogens with zero attached hydrogens (tertiary/aromatic N) is 1. The number of carbonyl (C=O) groups excluding carboxylic acids is 3. The third-order valence-corrected chi connectivity index (χ3v) is 5.10. The topological polar surface area (TPSA) is 103 Å². The molecule has 7 heteroatoms. The minimum Gasteiger partial charge on any atom is -0.449 e. The third kappa shape index (κ3) is 4.66. The summed E-state index contributed by atoms with van der Waals surface area (Å²) in [5, 5.41) is 2.66. The van der Waals surface area contributed by atoms with Gasteiger partial charge in [0, 0.05) is 28.3 Å². The van der Waals surface area contributed by atoms with E-state index in [0.717, 1.165) is 22.6 Å². The van der Waals surface area contributed by atoms with E-state index in [0.29, 0.717) is 16.8 Å². The summed E-state index contributed by atoms with van der Waals surface area (Å²) in [4.78, 5) is 36.3. The summed E-state index contributed by atoms with van der Waals surface area (Å²) >= 11 is 0. The fourth-order valence-electron chi connectivity index (χ4n) is 3.39. The van der Waals surface area contributed by atoms with Crippen LogP contribution in [-0.2, 0) is 9.53 Å². The van der Waals surface area contributed by atoms with Gasteiger partial charge in [0.25, 0.3) is 5.91 Å². The Kier molecular flexibility index (Phi) is 6.25. The monoisotopic (exact) mass is 419 g/mol. The van der Waals surface area contributed by atoms with E-state index < -0.39 is 23.9 Å². The average Bonchev–Trinajstić information content (AvgIpc) is 3.03. The first-order valence-electron chi connectivity index (χ1n) is 9.85. The fraction of sp³-hybridized carbons (Fsp3) is 0.208. The molecular weight excluding hydrogens is 394 g/mol. The normalized spacial score (nSPS) is 11.6. The third-order valence-electron chi connectivity index (χ3n) is 5.10. The lowest BCUT2D eigenvalue weighted by Crippen LogP contribution is -2.30. The number of anilines is 1. The maximum atomic E-state index is 12.8. The van der Waals surface area contributed by atoms with Crippen LogP contribution in [0.15, 0.2) is 54.6 Å². The Hall–Kier alpha value is -3.87. The number of amides is 2. The molecule has 1 atom stereocenters. The van der Waals surface area contributed by atoms with E-state index in [9.17, 15) is 14.4 Å². The van der Waals surface area contributed by atoms with Crippen molar-refractivity contribution in [3.63, 3.8) is 0 Å². The van der Waals surface area contributed by atoms with Crippen molar-refractivity contribution in [3.8, 4) is 5.69 Å². The number of aryl methyl sites for hydroxylation is 2. The van der Waals surface area contributed by atoms with Crippen LogP contribution < -0.4 is 11.1 Å². The Morgan fingerprint density at radius 3 is 2.26 bits per heavy atom. The molecule has 1 heterocycles. The van der Waals surface area contributed by atoms with E-state index in [1.54, 1.807) is 18.2 Å². The minimum atomic E-state index is -1.01. The van der Waals surface area contributed by atoms with Gasteiger partial charge in [-0.1, -0.05) is 18.2 Å². The number of hydrogen-bond donors (Lipinski definition) is 2. The van der Waals surface area contributed by atoms with Gasteiger partial charge in [0.2, 0.25) is 5.91 Å². The molecule has 0 saturated heterocycles. The number of nitrogens with one attached hydrogen (secondary N) is 1. The first-order chi connectivity index (χ1) is 14.7. The van der Waals surface area contributed by atoms with Crippen LogP contribution in [0.1, 0.15) is 44.6 Å². The number of rotatable bonds is 6. The van der Waals surface area contributed by atoms with Crippen molar-refractivity contribution in [2.45, 2.75) is 33.8 Å². The second-order valence-corrected chi connectivity index (χ2v) is 7.39. The van der Waals surface area contributed by atoms with Gasteiger partial charge in [-0.15, -0.1) is 0 Å². The molecule has 7 nitrogen and oxygen atoms in total. The highest BCUT2D eigenvalue weighted by Gasteiger charge is 2.23. The van der Waals surface area contributed by atoms with Crippen molar-refractivity contribution in [2.24, 2.45) is 5.73 Å². The molecule has 0 aliphatic heterocycles. The summed E-state index contributed by atoms with van der Waals surface area (Å²) in [5.41, 5.74) is 10.1. The number of esters is 1. The second kappa shape index (κ2) is 8.87. The molecule has 3 rings (SSSR count). The highest BCUT2D eigenvalue weighted by Crippen LogP contribution is 2.24. The Balaban J connectivity index is 1.72. The van der Waals surface area contributed by atoms with Crippen LogP contribution in [0.2, 0.25) is 0 Å². The smallest absolute Gasteiger partial charge is 0.340 e. The van der Waals surface area contributed by atoms with E-state index in [-0.39, 0.29) is 0 Å². The van der Waals surface area contributed by atoms with Gasteiger partial charge in [0.1, 0.15) is 0 Å². The van der Waals surface area contributed by atoms with Crippen molar-refractivity contribution in [2.75, 3.05) is 5.32 Å². The number of aromatic nitrogens is 1. The van der Waals surface area contributed by atoms with Crippen LogP contribution in [-0.4, -0.2) is 28.5 Å². The van der Waals surface area contributed by atoms with Gasteiger partial charge in [0.15, 0.2) is 6.10 Å². The molecule has 0 bridgehead atoms. The van der Waals surface area contributed by atoms with Crippen molar-refractivity contribution in [1.82, 2.24) is 4.57 Å². The zero-order valence-corrected chi connectivity index (χ0v) is 17.9. The first kappa shape index (κ1) is 21.8. The van der Waals surface area contributed by atoms with Gasteiger partial charge < -0.3 is 20.4 Å². The zero-order valence-electron chi connectivity index (χ0n) is 17.9. The molecular formula is C24H25N3O4. The summed E-state index contributed by atoms with van der Waals surface area (Å²) < 4.78 is 7.41. The van der Waals surface area contributed by atoms with Gasteiger partial charge in [-0.3, -0.25) is 9.59 Å². The standard InChI is InChI=1S/C24H25N3O4/c1-14-7-5-6-8-21(14)27-15(2)13-20(16(27)3)24(30)31-17(4)23(29)26-19-11-9-18(10-12-19)22(25)28/h5-13,17H,1-4H3,(H2,25,28)(H,26,29). The largest absolute Gasteiger partial charge is 0.449 e. The summed E-state index contributed by atoms with van der Waals surface area (Å²) in [6.45, 7) is 7.28. The molecule has 0 aliphatic carbocycles. The van der Waals surface area contributed by atoms with Crippen LogP contribution in [0.4, 0.5) is 5.69 Å². The Bertz CT molecular complexity index is 1150. The van der Waals surface area contributed by atoms with Crippen LogP contribution in [0.25, 0.3) is 5.69 Å². The van der Waals surface area contributed by atoms with E-state index in [2.05, 4.69) is 5.32 Å². The van der Waals surface area contributed by atoms with Gasteiger partial charge >= 0.3 is 5.97 Å². The molecule has 3 aromatic rings. The van der Waals surface area contributed by atoms with Crippen molar-refractivity contribution in [1.29, 1.82) is 0 Å². The van der Waals surface area contributed by atoms with Gasteiger partial charge in [0.05, 0.1) is 5.56 Å². The van der Waals surface area contributed by atoms with Gasteiger partial charge in [-0.25, -0.2) is 4.79 Å². The lowest BCUT2D eigenvalue weighted by molar-refractivity contribution is -0.123. The van der Waals surface area contributed by atoms with Crippen molar-refractivity contribution in [3.05, 3.63) is 82.7 Å². The molecule has 0 radical (unpaired) electrons. The molecule has 0 aliphatic rings. The van der Waals surface area contributed by atoms with E-state index in [1.807, 2.05) is 49.6 Å². The number of benzene rings is 2. The molecule has 2 amide bonds. The lowest BCUT2D eigenvalue weighted by Gasteiger charge is -2.15. The molecule has 0 fully saturated rings. The molecule has 3 N–H and O–H groups in total. The summed E-state index contributed by atoms with van der Waals surface area (Å²) in [6.07, 6.45) is -1.01. The summed E-state index contributed by atoms with van der Waals surface area (Å²) in [5.74, 6) is -1.60. The summed E-state index contributed by atoms with van der Waals surface area (Å²) in [7, 11) is 0. The minimum absolute atomic E-state index is 0.335. The molecule has 31 heavy (non-hydrogen) atoms. The molecule has 1 aromatic heterocycles. The predicted octanol–water partition coefficient (Wildman–Crippen LogP) is 3.69. The maximum Gasteiger partial charge on any atom is 0.340 e. The first-order valence-corrected chi connectivity index (χ1v) is 9.85. The number of ether oxygens (including phenoxy) is 1. The van der Waals surface area contributed by atoms with E-state index in [1.165, 1.54) is 19.1 Å². The quantitative estimate of drug-likeness (QED) is 0.595. The Morgan fingerprint density at radius 2 is 1.65 bits per heavy atom. The number of para-hydroxylation sites is 1. The number of carbonyl (C=O) groups is 3. The van der Waals surface area contributed by atoms with Gasteiger partial charge in [-0.2, -0.15) is 0 Å². The number of primary amides is 1. The van der Waals surface area contributed by atoms with Gasteiger partial charge in [-0.05, 0) is 69.7 Å². The van der Waals surface area contributed by atoms with Crippen molar-refractivity contribution < 1.29 is 19.1 Å². The zero-order chi connectivity index (χ0) is 22.7. The molecule has 1 unspecified atom stereocenters. The lowest BCUT2D eigenvalue weighted by atomic mass is 10.2. The molecule has 0 spiro atoms. The Morgan fingerprint density at radius 1 is 1.00 bits per heavy atom. The molecule has 160 valence electrons. The van der Waals surface area contributed by atoms with Crippen LogP contribution >= 0.6 is 0 Å². The predicted molar refractivity (Wildman–Crippen MR) is 118 cm³/mol. The van der Waals surface area contributed by atoms with Crippen LogP contribution in [0.3, 0.4) is 0 Å². The second-order valence-electron chi connectivity index (χ2n) is 7.39. The maximum absolute atomic E-state index is 12.8. The fourth-order valence-corrected chi connectivity index (χ4v) is 3.39. The van der Waals surface area contributed by atoms with E-state index in [4.69, 9.17) is 10.5 Å². The molecule has 0 saturated carbocycles. The SMILES string of the molecule is Cc1ccccc1-n1c(C)cc(C(=O)OC(C)C(=O)Nc2ccc(C(N)=O)cc2)c1C. The van der Waals surface area contributed by atoms with Crippen molar-refractivity contribution >= 4 is 23.5 Å². The highest BCUT2D eigenvalue weighted by molar-refractivity contribution is 5.98. The number of nitrogens with two attached hydrogens (primary N) is 1.